The number of nitrogen functional groups attached to an aromatic ring is 1. The molecule has 0 radical (unpaired) electrons. The predicted octanol–water partition coefficient (Wildman–Crippen LogP) is 4.85. The third-order valence-corrected chi connectivity index (χ3v) is 6.56. The first-order valence-electron chi connectivity index (χ1n) is 10.6. The summed E-state index contributed by atoms with van der Waals surface area (Å²) < 4.78 is 6.16. The lowest BCUT2D eigenvalue weighted by Crippen LogP contribution is -2.17. The van der Waals surface area contributed by atoms with E-state index in [1.807, 2.05) is 54.4 Å². The van der Waals surface area contributed by atoms with Crippen molar-refractivity contribution in [1.29, 1.82) is 0 Å². The van der Waals surface area contributed by atoms with Gasteiger partial charge in [0, 0.05) is 41.3 Å². The maximum Gasteiger partial charge on any atom is 0.258 e. The molecule has 3 aromatic heterocycles. The zero-order chi connectivity index (χ0) is 24.4. The van der Waals surface area contributed by atoms with Crippen LogP contribution in [0.5, 0.6) is 5.75 Å². The summed E-state index contributed by atoms with van der Waals surface area (Å²) >= 11 is 1.34. The number of anilines is 4. The molecule has 0 fully saturated rings. The molecule has 35 heavy (non-hydrogen) atoms. The number of hydrogen-bond donors (Lipinski definition) is 2. The quantitative estimate of drug-likeness (QED) is 0.335. The van der Waals surface area contributed by atoms with Gasteiger partial charge in [-0.15, -0.1) is 17.8 Å². The van der Waals surface area contributed by atoms with E-state index in [4.69, 9.17) is 16.9 Å². The van der Waals surface area contributed by atoms with Crippen molar-refractivity contribution in [2.45, 2.75) is 0 Å². The van der Waals surface area contributed by atoms with Gasteiger partial charge in [0.15, 0.2) is 0 Å². The van der Waals surface area contributed by atoms with Crippen LogP contribution in [-0.2, 0) is 0 Å². The number of aromatic nitrogens is 3. The summed E-state index contributed by atoms with van der Waals surface area (Å²) in [6.45, 7) is 0.206. The summed E-state index contributed by atoms with van der Waals surface area (Å²) in [4.78, 5) is 27.9. The Morgan fingerprint density at radius 1 is 1.20 bits per heavy atom. The van der Waals surface area contributed by atoms with Crippen LogP contribution in [0.4, 0.5) is 22.9 Å². The Kier molecular flexibility index (Phi) is 5.87. The largest absolute Gasteiger partial charge is 0.481 e. The number of nitrogens with zero attached hydrogens (tertiary/aromatic N) is 4. The smallest absolute Gasteiger partial charge is 0.258 e. The van der Waals surface area contributed by atoms with Crippen LogP contribution in [0.15, 0.2) is 66.6 Å². The molecule has 0 saturated carbocycles. The maximum absolute atomic E-state index is 13.4. The zero-order valence-electron chi connectivity index (χ0n) is 18.7. The summed E-state index contributed by atoms with van der Waals surface area (Å²) in [5.74, 6) is 3.21. The van der Waals surface area contributed by atoms with E-state index in [0.29, 0.717) is 33.0 Å². The molecule has 5 rings (SSSR count). The molecule has 1 amide bonds. The minimum atomic E-state index is -0.286. The Bertz CT molecular complexity index is 1590. The number of carbonyl (C=O) groups excluding carboxylic acids is 1. The van der Waals surface area contributed by atoms with Crippen molar-refractivity contribution in [3.05, 3.63) is 72.1 Å². The standard InChI is InChI=1S/C26H20N6O2S/c1-3-12-34-18-7-5-17(6-8-18)32(2)21-9-4-16-13-28-11-10-19(16)22(21)31-26(33)20-14-35-24-23(20)29-15-30-25(24)27/h1,4-11,13-15H,12H2,2H3,(H,31,33)(H2,27,29,30). The molecule has 0 spiro atoms. The van der Waals surface area contributed by atoms with Crippen LogP contribution in [0.1, 0.15) is 10.4 Å². The molecule has 2 aromatic carbocycles. The first kappa shape index (κ1) is 22.1. The van der Waals surface area contributed by atoms with Crippen LogP contribution >= 0.6 is 11.3 Å². The van der Waals surface area contributed by atoms with Crippen molar-refractivity contribution >= 4 is 61.1 Å². The second-order valence-electron chi connectivity index (χ2n) is 7.64. The van der Waals surface area contributed by atoms with E-state index in [2.05, 4.69) is 26.2 Å². The topological polar surface area (TPSA) is 106 Å². The van der Waals surface area contributed by atoms with Crippen LogP contribution in [0, 0.1) is 12.3 Å². The second kappa shape index (κ2) is 9.29. The molecule has 3 heterocycles. The maximum atomic E-state index is 13.4. The summed E-state index contributed by atoms with van der Waals surface area (Å²) in [5, 5.41) is 6.62. The van der Waals surface area contributed by atoms with Gasteiger partial charge in [0.1, 0.15) is 24.5 Å². The van der Waals surface area contributed by atoms with E-state index >= 15 is 0 Å². The van der Waals surface area contributed by atoms with Gasteiger partial charge >= 0.3 is 0 Å². The van der Waals surface area contributed by atoms with Gasteiger partial charge in [0.05, 0.1) is 27.2 Å². The number of fused-ring (bicyclic) bond motifs is 2. The molecule has 0 aliphatic carbocycles. The number of nitrogens with two attached hydrogens (primary N) is 1. The number of thiophene rings is 1. The van der Waals surface area contributed by atoms with E-state index < -0.39 is 0 Å². The fraction of sp³-hybridized carbons (Fsp3) is 0.0769. The SMILES string of the molecule is C#CCOc1ccc(N(C)c2ccc3cnccc3c2NC(=O)c2csc3c(N)ncnc23)cc1. The molecule has 0 bridgehead atoms. The lowest BCUT2D eigenvalue weighted by molar-refractivity contribution is 0.102. The van der Waals surface area contributed by atoms with Crippen molar-refractivity contribution in [2.75, 3.05) is 29.6 Å². The van der Waals surface area contributed by atoms with Crippen molar-refractivity contribution in [3.8, 4) is 18.1 Å². The van der Waals surface area contributed by atoms with Gasteiger partial charge in [-0.25, -0.2) is 9.97 Å². The molecule has 0 unspecified atom stereocenters. The third kappa shape index (κ3) is 4.18. The van der Waals surface area contributed by atoms with E-state index in [1.54, 1.807) is 17.8 Å². The normalized spacial score (nSPS) is 10.7. The summed E-state index contributed by atoms with van der Waals surface area (Å²) in [6, 6.07) is 13.4. The minimum absolute atomic E-state index is 0.206. The summed E-state index contributed by atoms with van der Waals surface area (Å²) in [7, 11) is 1.93. The Labute approximate surface area is 205 Å². The molecule has 3 N–H and O–H groups in total. The van der Waals surface area contributed by atoms with Crippen LogP contribution in [0.25, 0.3) is 21.0 Å². The highest BCUT2D eigenvalue weighted by atomic mass is 32.1. The van der Waals surface area contributed by atoms with Crippen LogP contribution in [0.3, 0.4) is 0 Å². The molecule has 172 valence electrons. The number of ether oxygens (including phenoxy) is 1. The number of rotatable bonds is 6. The van der Waals surface area contributed by atoms with Crippen LogP contribution in [-0.4, -0.2) is 34.5 Å². The van der Waals surface area contributed by atoms with Crippen molar-refractivity contribution < 1.29 is 9.53 Å². The van der Waals surface area contributed by atoms with Gasteiger partial charge in [0.2, 0.25) is 0 Å². The van der Waals surface area contributed by atoms with E-state index in [-0.39, 0.29) is 12.5 Å². The Morgan fingerprint density at radius 2 is 2.03 bits per heavy atom. The summed E-state index contributed by atoms with van der Waals surface area (Å²) in [5.41, 5.74) is 9.30. The van der Waals surface area contributed by atoms with Gasteiger partial charge in [-0.2, -0.15) is 0 Å². The van der Waals surface area contributed by atoms with E-state index in [9.17, 15) is 4.79 Å². The molecule has 0 aliphatic heterocycles. The van der Waals surface area contributed by atoms with Crippen molar-refractivity contribution in [2.24, 2.45) is 0 Å². The molecule has 0 aliphatic rings. The Balaban J connectivity index is 1.54. The number of carbonyl (C=O) groups is 1. The number of pyridine rings is 1. The van der Waals surface area contributed by atoms with Crippen molar-refractivity contribution in [1.82, 2.24) is 15.0 Å². The first-order valence-corrected chi connectivity index (χ1v) is 11.5. The minimum Gasteiger partial charge on any atom is -0.481 e. The molecule has 5 aromatic rings. The Hall–Kier alpha value is -4.68. The zero-order valence-corrected chi connectivity index (χ0v) is 19.5. The highest BCUT2D eigenvalue weighted by Crippen LogP contribution is 2.38. The average molecular weight is 481 g/mol. The number of benzene rings is 2. The number of hydrogen-bond acceptors (Lipinski definition) is 8. The van der Waals surface area contributed by atoms with E-state index in [1.165, 1.54) is 17.7 Å². The highest BCUT2D eigenvalue weighted by Gasteiger charge is 2.20. The molecule has 0 saturated heterocycles. The third-order valence-electron chi connectivity index (χ3n) is 5.57. The Morgan fingerprint density at radius 3 is 2.83 bits per heavy atom. The monoisotopic (exact) mass is 480 g/mol. The molecule has 9 heteroatoms. The first-order chi connectivity index (χ1) is 17.1. The van der Waals surface area contributed by atoms with Gasteiger partial charge in [-0.1, -0.05) is 12.0 Å². The predicted molar refractivity (Wildman–Crippen MR) is 140 cm³/mol. The van der Waals surface area contributed by atoms with Crippen molar-refractivity contribution in [3.63, 3.8) is 0 Å². The molecule has 8 nitrogen and oxygen atoms in total. The van der Waals surface area contributed by atoms with Gasteiger partial charge in [0.25, 0.3) is 5.91 Å². The van der Waals surface area contributed by atoms with Gasteiger partial charge < -0.3 is 20.7 Å². The number of nitrogens with one attached hydrogen (secondary N) is 1. The van der Waals surface area contributed by atoms with Gasteiger partial charge in [-0.05, 0) is 36.4 Å². The lowest BCUT2D eigenvalue weighted by atomic mass is 10.1. The fourth-order valence-corrected chi connectivity index (χ4v) is 4.71. The second-order valence-corrected chi connectivity index (χ2v) is 8.52. The highest BCUT2D eigenvalue weighted by molar-refractivity contribution is 7.18. The lowest BCUT2D eigenvalue weighted by Gasteiger charge is -2.24. The fourth-order valence-electron chi connectivity index (χ4n) is 3.81. The van der Waals surface area contributed by atoms with Crippen LogP contribution < -0.4 is 20.7 Å². The number of amides is 1. The number of terminal acetylenes is 1. The van der Waals surface area contributed by atoms with Crippen LogP contribution in [0.2, 0.25) is 0 Å². The van der Waals surface area contributed by atoms with Gasteiger partial charge in [-0.3, -0.25) is 9.78 Å². The molecular formula is C26H20N6O2S. The molecular weight excluding hydrogens is 460 g/mol. The molecule has 0 atom stereocenters. The van der Waals surface area contributed by atoms with E-state index in [0.717, 1.165) is 22.1 Å². The summed E-state index contributed by atoms with van der Waals surface area (Å²) in [6.07, 6.45) is 10.1. The average Bonchev–Trinajstić information content (AvgIpc) is 3.33.